The first-order valence-corrected chi connectivity index (χ1v) is 8.21. The Morgan fingerprint density at radius 3 is 2.76 bits per heavy atom. The summed E-state index contributed by atoms with van der Waals surface area (Å²) >= 11 is 0. The monoisotopic (exact) mass is 290 g/mol. The maximum absolute atomic E-state index is 10.5. The second-order valence-corrected chi connectivity index (χ2v) is 6.64. The summed E-state index contributed by atoms with van der Waals surface area (Å²) in [5, 5.41) is 10.5. The Hall–Kier alpha value is -1.22. The maximum atomic E-state index is 10.5. The number of ether oxygens (including phenoxy) is 2. The van der Waals surface area contributed by atoms with Crippen molar-refractivity contribution in [3.8, 4) is 11.5 Å². The topological polar surface area (TPSA) is 38.7 Å². The number of hydrogen-bond donors (Lipinski definition) is 1. The van der Waals surface area contributed by atoms with Crippen molar-refractivity contribution < 1.29 is 14.6 Å². The number of fused-ring (bicyclic) bond motifs is 1. The van der Waals surface area contributed by atoms with E-state index in [-0.39, 0.29) is 5.60 Å². The standard InChI is InChI=1S/C18H26O3/c1-3-4-13-7-9-18(10-8-13)12-16(19)15-11-14(20-2)5-6-17(15)21-18/h5-6,11,13,16,19H,3-4,7-10,12H2,1-2H3. The summed E-state index contributed by atoms with van der Waals surface area (Å²) in [5.41, 5.74) is 0.723. The summed E-state index contributed by atoms with van der Waals surface area (Å²) in [5.74, 6) is 2.46. The van der Waals surface area contributed by atoms with Gasteiger partial charge in [0.15, 0.2) is 0 Å². The highest BCUT2D eigenvalue weighted by Gasteiger charge is 2.43. The Labute approximate surface area is 127 Å². The van der Waals surface area contributed by atoms with Crippen molar-refractivity contribution in [1.82, 2.24) is 0 Å². The van der Waals surface area contributed by atoms with Crippen LogP contribution in [-0.4, -0.2) is 17.8 Å². The zero-order valence-corrected chi connectivity index (χ0v) is 13.1. The van der Waals surface area contributed by atoms with E-state index in [1.807, 2.05) is 18.2 Å². The van der Waals surface area contributed by atoms with E-state index in [0.29, 0.717) is 6.42 Å². The summed E-state index contributed by atoms with van der Waals surface area (Å²) in [6, 6.07) is 5.75. The molecule has 1 spiro atoms. The molecule has 1 saturated carbocycles. The van der Waals surface area contributed by atoms with Crippen LogP contribution in [0.15, 0.2) is 18.2 Å². The third kappa shape index (κ3) is 2.89. The molecule has 1 aromatic carbocycles. The molecule has 0 amide bonds. The van der Waals surface area contributed by atoms with Crippen LogP contribution in [0.4, 0.5) is 0 Å². The lowest BCUT2D eigenvalue weighted by molar-refractivity contribution is -0.0475. The summed E-state index contributed by atoms with van der Waals surface area (Å²) in [6.07, 6.45) is 7.47. The highest BCUT2D eigenvalue weighted by Crippen LogP contribution is 2.48. The van der Waals surface area contributed by atoms with E-state index in [2.05, 4.69) is 6.92 Å². The summed E-state index contributed by atoms with van der Waals surface area (Å²) in [6.45, 7) is 2.26. The van der Waals surface area contributed by atoms with Gasteiger partial charge in [-0.2, -0.15) is 0 Å². The third-order valence-corrected chi connectivity index (χ3v) is 5.18. The molecule has 1 unspecified atom stereocenters. The molecule has 0 saturated heterocycles. The molecule has 3 nitrogen and oxygen atoms in total. The van der Waals surface area contributed by atoms with Gasteiger partial charge >= 0.3 is 0 Å². The minimum Gasteiger partial charge on any atom is -0.497 e. The predicted molar refractivity (Wildman–Crippen MR) is 82.8 cm³/mol. The molecule has 1 aromatic rings. The normalized spacial score (nSPS) is 31.6. The van der Waals surface area contributed by atoms with Gasteiger partial charge in [0, 0.05) is 12.0 Å². The number of benzene rings is 1. The van der Waals surface area contributed by atoms with Crippen molar-refractivity contribution in [1.29, 1.82) is 0 Å². The first-order chi connectivity index (χ1) is 10.2. The minimum absolute atomic E-state index is 0.148. The molecule has 1 aliphatic carbocycles. The van der Waals surface area contributed by atoms with E-state index in [9.17, 15) is 5.11 Å². The van der Waals surface area contributed by atoms with Crippen LogP contribution in [-0.2, 0) is 0 Å². The molecule has 1 fully saturated rings. The molecule has 1 atom stereocenters. The lowest BCUT2D eigenvalue weighted by atomic mass is 9.73. The SMILES string of the molecule is CCCC1CCC2(CC1)CC(O)c1cc(OC)ccc1O2. The van der Waals surface area contributed by atoms with Crippen LogP contribution >= 0.6 is 0 Å². The van der Waals surface area contributed by atoms with E-state index in [1.54, 1.807) is 7.11 Å². The van der Waals surface area contributed by atoms with Crippen LogP contribution in [0.3, 0.4) is 0 Å². The van der Waals surface area contributed by atoms with Gasteiger partial charge in [-0.05, 0) is 49.8 Å². The zero-order valence-electron chi connectivity index (χ0n) is 13.1. The molecule has 3 heteroatoms. The Balaban J connectivity index is 1.76. The fraction of sp³-hybridized carbons (Fsp3) is 0.667. The van der Waals surface area contributed by atoms with Crippen molar-refractivity contribution in [2.45, 2.75) is 63.6 Å². The van der Waals surface area contributed by atoms with Crippen molar-refractivity contribution in [2.75, 3.05) is 7.11 Å². The van der Waals surface area contributed by atoms with Crippen molar-refractivity contribution in [3.05, 3.63) is 23.8 Å². The predicted octanol–water partition coefficient (Wildman–Crippen LogP) is 4.24. The molecular weight excluding hydrogens is 264 g/mol. The van der Waals surface area contributed by atoms with Crippen LogP contribution in [0.25, 0.3) is 0 Å². The van der Waals surface area contributed by atoms with Crippen LogP contribution in [0, 0.1) is 5.92 Å². The van der Waals surface area contributed by atoms with Gasteiger partial charge in [0.05, 0.1) is 13.2 Å². The third-order valence-electron chi connectivity index (χ3n) is 5.18. The summed E-state index contributed by atoms with van der Waals surface area (Å²) in [4.78, 5) is 0. The second-order valence-electron chi connectivity index (χ2n) is 6.64. The Bertz CT molecular complexity index is 489. The molecule has 0 aromatic heterocycles. The Kier molecular flexibility index (Phi) is 4.12. The molecule has 1 aliphatic heterocycles. The van der Waals surface area contributed by atoms with Gasteiger partial charge in [-0.3, -0.25) is 0 Å². The van der Waals surface area contributed by atoms with E-state index in [0.717, 1.165) is 35.8 Å². The number of rotatable bonds is 3. The van der Waals surface area contributed by atoms with E-state index >= 15 is 0 Å². The number of methoxy groups -OCH3 is 1. The van der Waals surface area contributed by atoms with E-state index in [1.165, 1.54) is 25.7 Å². The zero-order chi connectivity index (χ0) is 14.9. The van der Waals surface area contributed by atoms with E-state index in [4.69, 9.17) is 9.47 Å². The van der Waals surface area contributed by atoms with Crippen LogP contribution in [0.2, 0.25) is 0 Å². The molecule has 1 N–H and O–H groups in total. The highest BCUT2D eigenvalue weighted by atomic mass is 16.5. The van der Waals surface area contributed by atoms with E-state index < -0.39 is 6.10 Å². The van der Waals surface area contributed by atoms with Crippen molar-refractivity contribution in [2.24, 2.45) is 5.92 Å². The molecule has 2 aliphatic rings. The molecular formula is C18H26O3. The van der Waals surface area contributed by atoms with Crippen LogP contribution in [0.1, 0.15) is 63.5 Å². The first kappa shape index (κ1) is 14.7. The largest absolute Gasteiger partial charge is 0.497 e. The van der Waals surface area contributed by atoms with Crippen LogP contribution < -0.4 is 9.47 Å². The number of aliphatic hydroxyl groups excluding tert-OH is 1. The molecule has 0 radical (unpaired) electrons. The van der Waals surface area contributed by atoms with Crippen molar-refractivity contribution >= 4 is 0 Å². The van der Waals surface area contributed by atoms with Gasteiger partial charge in [0.2, 0.25) is 0 Å². The average Bonchev–Trinajstić information content (AvgIpc) is 2.50. The average molecular weight is 290 g/mol. The summed E-state index contributed by atoms with van der Waals surface area (Å²) in [7, 11) is 1.65. The fourth-order valence-corrected chi connectivity index (χ4v) is 3.95. The van der Waals surface area contributed by atoms with Gasteiger partial charge in [0.1, 0.15) is 17.1 Å². The van der Waals surface area contributed by atoms with Gasteiger partial charge in [-0.25, -0.2) is 0 Å². The quantitative estimate of drug-likeness (QED) is 0.905. The van der Waals surface area contributed by atoms with Crippen molar-refractivity contribution in [3.63, 3.8) is 0 Å². The first-order valence-electron chi connectivity index (χ1n) is 8.21. The molecule has 21 heavy (non-hydrogen) atoms. The molecule has 1 heterocycles. The lowest BCUT2D eigenvalue weighted by Gasteiger charge is -2.45. The van der Waals surface area contributed by atoms with Gasteiger partial charge in [0.25, 0.3) is 0 Å². The van der Waals surface area contributed by atoms with Crippen LogP contribution in [0.5, 0.6) is 11.5 Å². The smallest absolute Gasteiger partial charge is 0.126 e. The molecule has 0 bridgehead atoms. The van der Waals surface area contributed by atoms with Gasteiger partial charge in [-0.1, -0.05) is 19.8 Å². The lowest BCUT2D eigenvalue weighted by Crippen LogP contribution is -2.44. The number of aliphatic hydroxyl groups is 1. The fourth-order valence-electron chi connectivity index (χ4n) is 3.95. The second kappa shape index (κ2) is 5.88. The molecule has 116 valence electrons. The minimum atomic E-state index is -0.438. The number of hydrogen-bond acceptors (Lipinski definition) is 3. The summed E-state index contributed by atoms with van der Waals surface area (Å²) < 4.78 is 11.6. The van der Waals surface area contributed by atoms with Gasteiger partial charge < -0.3 is 14.6 Å². The van der Waals surface area contributed by atoms with Gasteiger partial charge in [-0.15, -0.1) is 0 Å². The maximum Gasteiger partial charge on any atom is 0.126 e. The molecule has 3 rings (SSSR count). The Morgan fingerprint density at radius 1 is 1.33 bits per heavy atom. The highest BCUT2D eigenvalue weighted by molar-refractivity contribution is 5.43. The Morgan fingerprint density at radius 2 is 2.10 bits per heavy atom.